The summed E-state index contributed by atoms with van der Waals surface area (Å²) >= 11 is 0. The van der Waals surface area contributed by atoms with Crippen LogP contribution in [0, 0.1) is 0 Å². The lowest BCUT2D eigenvalue weighted by Gasteiger charge is -2.24. The van der Waals surface area contributed by atoms with Crippen LogP contribution in [0.15, 0.2) is 42.5 Å². The number of benzene rings is 2. The third kappa shape index (κ3) is 3.31. The summed E-state index contributed by atoms with van der Waals surface area (Å²) in [6.07, 6.45) is 2.05. The minimum atomic E-state index is -0.271. The van der Waals surface area contributed by atoms with Crippen LogP contribution in [0.3, 0.4) is 0 Å². The van der Waals surface area contributed by atoms with E-state index in [1.807, 2.05) is 42.5 Å². The van der Waals surface area contributed by atoms with E-state index in [9.17, 15) is 0 Å². The van der Waals surface area contributed by atoms with E-state index in [2.05, 4.69) is 20.8 Å². The van der Waals surface area contributed by atoms with Crippen molar-refractivity contribution >= 4 is 11.6 Å². The van der Waals surface area contributed by atoms with Gasteiger partial charge in [0.05, 0.1) is 28.4 Å². The molecule has 0 saturated carbocycles. The maximum atomic E-state index is 5.50. The Hall–Kier alpha value is -3.75. The minimum absolute atomic E-state index is 0.271. The van der Waals surface area contributed by atoms with Gasteiger partial charge in [0.15, 0.2) is 11.5 Å². The Morgan fingerprint density at radius 3 is 2.17 bits per heavy atom. The molecule has 1 aliphatic heterocycles. The van der Waals surface area contributed by atoms with Crippen molar-refractivity contribution in [1.82, 2.24) is 20.2 Å². The van der Waals surface area contributed by atoms with E-state index in [0.717, 1.165) is 22.6 Å². The van der Waals surface area contributed by atoms with Crippen molar-refractivity contribution in [3.63, 3.8) is 0 Å². The number of anilines is 1. The van der Waals surface area contributed by atoms with Crippen LogP contribution in [0.1, 0.15) is 17.2 Å². The van der Waals surface area contributed by atoms with E-state index in [4.69, 9.17) is 18.9 Å². The standard InChI is InChI=1S/C20H21N5O4/c1-26-14-7-5-12(6-8-14)15-11-16(25-20(21-15)22-23-24-25)13-9-17(27-2)19(29-4)18(10-13)28-3/h5-11,16H,1-4H3,(H,21,22,24)/t16-/m0/s1. The summed E-state index contributed by atoms with van der Waals surface area (Å²) in [6.45, 7) is 0. The molecule has 4 rings (SSSR count). The first-order valence-corrected chi connectivity index (χ1v) is 8.89. The van der Waals surface area contributed by atoms with Gasteiger partial charge in [0.2, 0.25) is 11.7 Å². The summed E-state index contributed by atoms with van der Waals surface area (Å²) in [5.41, 5.74) is 2.76. The van der Waals surface area contributed by atoms with Crippen LogP contribution in [-0.4, -0.2) is 48.6 Å². The van der Waals surface area contributed by atoms with E-state index in [-0.39, 0.29) is 6.04 Å². The third-order valence-electron chi connectivity index (χ3n) is 4.76. The van der Waals surface area contributed by atoms with Crippen LogP contribution >= 0.6 is 0 Å². The molecule has 9 heteroatoms. The number of hydrogen-bond donors (Lipinski definition) is 1. The van der Waals surface area contributed by atoms with Crippen molar-refractivity contribution in [1.29, 1.82) is 0 Å². The van der Waals surface area contributed by atoms with Gasteiger partial charge in [-0.2, -0.15) is 4.68 Å². The number of hydrogen-bond acceptors (Lipinski definition) is 8. The summed E-state index contributed by atoms with van der Waals surface area (Å²) < 4.78 is 23.4. The first kappa shape index (κ1) is 18.6. The van der Waals surface area contributed by atoms with Gasteiger partial charge in [0, 0.05) is 5.70 Å². The molecular formula is C20H21N5O4. The molecule has 29 heavy (non-hydrogen) atoms. The predicted molar refractivity (Wildman–Crippen MR) is 107 cm³/mol. The molecule has 1 atom stereocenters. The van der Waals surface area contributed by atoms with Crippen molar-refractivity contribution in [2.75, 3.05) is 33.8 Å². The summed E-state index contributed by atoms with van der Waals surface area (Å²) in [5, 5.41) is 15.3. The molecule has 0 unspecified atom stereocenters. The number of fused-ring (bicyclic) bond motifs is 1. The Morgan fingerprint density at radius 1 is 0.897 bits per heavy atom. The number of nitrogens with one attached hydrogen (secondary N) is 1. The molecule has 0 saturated heterocycles. The van der Waals surface area contributed by atoms with E-state index < -0.39 is 0 Å². The van der Waals surface area contributed by atoms with E-state index in [1.165, 1.54) is 0 Å². The zero-order valence-electron chi connectivity index (χ0n) is 16.5. The summed E-state index contributed by atoms with van der Waals surface area (Å²) in [6, 6.07) is 11.3. The maximum absolute atomic E-state index is 5.50. The van der Waals surface area contributed by atoms with Crippen LogP contribution in [0.5, 0.6) is 23.0 Å². The molecule has 0 spiro atoms. The zero-order valence-corrected chi connectivity index (χ0v) is 16.5. The second-order valence-corrected chi connectivity index (χ2v) is 6.28. The lowest BCUT2D eigenvalue weighted by Crippen LogP contribution is -2.20. The van der Waals surface area contributed by atoms with Crippen LogP contribution < -0.4 is 24.3 Å². The average molecular weight is 395 g/mol. The van der Waals surface area contributed by atoms with Crippen LogP contribution in [0.4, 0.5) is 5.95 Å². The molecule has 3 aromatic rings. The average Bonchev–Trinajstić information content (AvgIpc) is 3.26. The van der Waals surface area contributed by atoms with E-state index in [1.54, 1.807) is 33.1 Å². The van der Waals surface area contributed by atoms with Gasteiger partial charge in [0.1, 0.15) is 11.8 Å². The van der Waals surface area contributed by atoms with Gasteiger partial charge in [-0.25, -0.2) is 0 Å². The predicted octanol–water partition coefficient (Wildman–Crippen LogP) is 2.76. The molecule has 1 aliphatic rings. The Morgan fingerprint density at radius 2 is 1.59 bits per heavy atom. The molecule has 9 nitrogen and oxygen atoms in total. The van der Waals surface area contributed by atoms with Gasteiger partial charge in [-0.15, -0.1) is 0 Å². The number of rotatable bonds is 6. The fourth-order valence-corrected chi connectivity index (χ4v) is 3.30. The van der Waals surface area contributed by atoms with Crippen molar-refractivity contribution < 1.29 is 18.9 Å². The van der Waals surface area contributed by atoms with Gasteiger partial charge in [-0.05, 0) is 64.0 Å². The quantitative estimate of drug-likeness (QED) is 0.681. The SMILES string of the molecule is COc1ccc(C2=C[C@@H](c3cc(OC)c(OC)c(OC)c3)n3nnnc3N2)cc1. The minimum Gasteiger partial charge on any atom is -0.497 e. The smallest absolute Gasteiger partial charge is 0.248 e. The van der Waals surface area contributed by atoms with Gasteiger partial charge < -0.3 is 24.3 Å². The highest BCUT2D eigenvalue weighted by atomic mass is 16.5. The van der Waals surface area contributed by atoms with Gasteiger partial charge in [0.25, 0.3) is 0 Å². The van der Waals surface area contributed by atoms with Crippen LogP contribution in [0.25, 0.3) is 5.70 Å². The second-order valence-electron chi connectivity index (χ2n) is 6.28. The first-order chi connectivity index (χ1) is 14.2. The molecule has 0 bridgehead atoms. The molecular weight excluding hydrogens is 374 g/mol. The molecule has 1 aromatic heterocycles. The highest BCUT2D eigenvalue weighted by Gasteiger charge is 2.26. The Bertz CT molecular complexity index is 1020. The molecule has 150 valence electrons. The molecule has 2 heterocycles. The number of ether oxygens (including phenoxy) is 4. The van der Waals surface area contributed by atoms with Crippen molar-refractivity contribution in [2.45, 2.75) is 6.04 Å². The number of aromatic nitrogens is 4. The molecule has 0 aliphatic carbocycles. The fourth-order valence-electron chi connectivity index (χ4n) is 3.30. The first-order valence-electron chi connectivity index (χ1n) is 8.89. The lowest BCUT2D eigenvalue weighted by atomic mass is 10.0. The monoisotopic (exact) mass is 395 g/mol. The summed E-state index contributed by atoms with van der Waals surface area (Å²) in [7, 11) is 6.39. The van der Waals surface area contributed by atoms with E-state index in [0.29, 0.717) is 23.2 Å². The van der Waals surface area contributed by atoms with Gasteiger partial charge in [-0.3, -0.25) is 0 Å². The maximum Gasteiger partial charge on any atom is 0.248 e. The molecule has 0 fully saturated rings. The third-order valence-corrected chi connectivity index (χ3v) is 4.76. The lowest BCUT2D eigenvalue weighted by molar-refractivity contribution is 0.323. The Kier molecular flexibility index (Phi) is 4.94. The highest BCUT2D eigenvalue weighted by Crippen LogP contribution is 2.42. The summed E-state index contributed by atoms with van der Waals surface area (Å²) in [4.78, 5) is 0. The number of allylic oxidation sites excluding steroid dienone is 1. The largest absolute Gasteiger partial charge is 0.497 e. The molecule has 1 N–H and O–H groups in total. The zero-order chi connectivity index (χ0) is 20.4. The number of methoxy groups -OCH3 is 4. The van der Waals surface area contributed by atoms with Crippen molar-refractivity contribution in [3.8, 4) is 23.0 Å². The molecule has 0 radical (unpaired) electrons. The van der Waals surface area contributed by atoms with E-state index >= 15 is 0 Å². The van der Waals surface area contributed by atoms with Crippen molar-refractivity contribution in [3.05, 3.63) is 53.6 Å². The van der Waals surface area contributed by atoms with Gasteiger partial charge in [-0.1, -0.05) is 5.10 Å². The second kappa shape index (κ2) is 7.70. The Labute approximate surface area is 167 Å². The highest BCUT2D eigenvalue weighted by molar-refractivity contribution is 5.77. The van der Waals surface area contributed by atoms with Gasteiger partial charge >= 0.3 is 0 Å². The number of nitrogens with zero attached hydrogens (tertiary/aromatic N) is 4. The van der Waals surface area contributed by atoms with Crippen molar-refractivity contribution in [2.24, 2.45) is 0 Å². The Balaban J connectivity index is 1.82. The molecule has 2 aromatic carbocycles. The van der Waals surface area contributed by atoms with Crippen LogP contribution in [-0.2, 0) is 0 Å². The number of tetrazole rings is 1. The molecule has 0 amide bonds. The van der Waals surface area contributed by atoms with Crippen LogP contribution in [0.2, 0.25) is 0 Å². The fraction of sp³-hybridized carbons (Fsp3) is 0.250. The summed E-state index contributed by atoms with van der Waals surface area (Å²) in [5.74, 6) is 2.99. The normalized spacial score (nSPS) is 15.0. The topological polar surface area (TPSA) is 92.5 Å².